The predicted molar refractivity (Wildman–Crippen MR) is 144 cm³/mol. The van der Waals surface area contributed by atoms with Crippen LogP contribution in [-0.2, 0) is 23.2 Å². The van der Waals surface area contributed by atoms with Gasteiger partial charge in [-0.25, -0.2) is 9.78 Å². The first-order chi connectivity index (χ1) is 18.4. The monoisotopic (exact) mass is 528 g/mol. The Morgan fingerprint density at radius 3 is 2.45 bits per heavy atom. The summed E-state index contributed by atoms with van der Waals surface area (Å²) in [7, 11) is -4.06. The molecule has 38 heavy (non-hydrogen) atoms. The average molecular weight is 529 g/mol. The van der Waals surface area contributed by atoms with Crippen LogP contribution in [0.2, 0.25) is 0 Å². The average Bonchev–Trinajstić information content (AvgIpc) is 3.33. The Kier molecular flexibility index (Phi) is 7.18. The molecule has 0 aliphatic heterocycles. The third-order valence-electron chi connectivity index (χ3n) is 5.53. The highest BCUT2D eigenvalue weighted by molar-refractivity contribution is 7.87. The van der Waals surface area contributed by atoms with Crippen LogP contribution in [0.25, 0.3) is 11.0 Å². The number of aromatic amines is 1. The molecule has 11 heteroatoms. The number of fused-ring (bicyclic) bond motifs is 1. The van der Waals surface area contributed by atoms with Crippen LogP contribution in [0.5, 0.6) is 5.75 Å². The molecule has 3 aromatic carbocycles. The molecule has 2 aromatic heterocycles. The topological polar surface area (TPSA) is 138 Å². The number of pyridine rings is 1. The molecular weight excluding hydrogens is 504 g/mol. The number of hydrogen-bond donors (Lipinski definition) is 4. The molecule has 0 saturated heterocycles. The summed E-state index contributed by atoms with van der Waals surface area (Å²) in [6.45, 7) is 0.878. The van der Waals surface area contributed by atoms with Gasteiger partial charge in [0, 0.05) is 24.5 Å². The maximum atomic E-state index is 12.8. The van der Waals surface area contributed by atoms with Gasteiger partial charge in [0.25, 0.3) is 0 Å². The first kappa shape index (κ1) is 24.8. The minimum absolute atomic E-state index is 0.0248. The van der Waals surface area contributed by atoms with Crippen molar-refractivity contribution in [2.24, 2.45) is 0 Å². The second-order valence-electron chi connectivity index (χ2n) is 8.29. The van der Waals surface area contributed by atoms with Gasteiger partial charge in [0.2, 0.25) is 5.95 Å². The lowest BCUT2D eigenvalue weighted by Crippen LogP contribution is -2.28. The molecule has 5 rings (SSSR count). The molecule has 0 atom stereocenters. The van der Waals surface area contributed by atoms with Gasteiger partial charge < -0.3 is 19.8 Å². The summed E-state index contributed by atoms with van der Waals surface area (Å²) in [5.41, 5.74) is 3.65. The molecule has 2 amide bonds. The molecule has 0 saturated carbocycles. The van der Waals surface area contributed by atoms with E-state index in [1.54, 1.807) is 36.5 Å². The SMILES string of the molecule is O=C(NCc1ccccn1)Nc1nc2cc(OS(=O)(=O)c3ccc(NCc4ccccc4)cc3)ccc2[nH]1. The smallest absolute Gasteiger partial charge is 0.339 e. The van der Waals surface area contributed by atoms with Gasteiger partial charge in [-0.2, -0.15) is 8.42 Å². The zero-order valence-corrected chi connectivity index (χ0v) is 20.9. The first-order valence-electron chi connectivity index (χ1n) is 11.7. The quantitative estimate of drug-likeness (QED) is 0.204. The molecule has 5 aromatic rings. The van der Waals surface area contributed by atoms with Gasteiger partial charge in [-0.1, -0.05) is 36.4 Å². The van der Waals surface area contributed by atoms with Gasteiger partial charge in [-0.05, 0) is 54.1 Å². The van der Waals surface area contributed by atoms with Crippen molar-refractivity contribution < 1.29 is 17.4 Å². The van der Waals surface area contributed by atoms with Crippen molar-refractivity contribution in [2.45, 2.75) is 18.0 Å². The highest BCUT2D eigenvalue weighted by Crippen LogP contribution is 2.24. The molecule has 0 fully saturated rings. The van der Waals surface area contributed by atoms with Crippen molar-refractivity contribution in [3.05, 3.63) is 108 Å². The van der Waals surface area contributed by atoms with E-state index in [-0.39, 0.29) is 23.1 Å². The third kappa shape index (κ3) is 6.26. The Hall–Kier alpha value is -4.90. The van der Waals surface area contributed by atoms with Crippen LogP contribution in [0.15, 0.2) is 102 Å². The minimum Gasteiger partial charge on any atom is -0.381 e. The van der Waals surface area contributed by atoms with Gasteiger partial charge in [0.1, 0.15) is 10.6 Å². The third-order valence-corrected chi connectivity index (χ3v) is 6.79. The zero-order valence-electron chi connectivity index (χ0n) is 20.1. The summed E-state index contributed by atoms with van der Waals surface area (Å²) < 4.78 is 31.0. The van der Waals surface area contributed by atoms with Crippen LogP contribution in [0.3, 0.4) is 0 Å². The lowest BCUT2D eigenvalue weighted by molar-refractivity contribution is 0.251. The van der Waals surface area contributed by atoms with E-state index in [0.717, 1.165) is 11.3 Å². The molecule has 192 valence electrons. The molecule has 0 aliphatic carbocycles. The summed E-state index contributed by atoms with van der Waals surface area (Å²) in [5.74, 6) is 0.304. The van der Waals surface area contributed by atoms with E-state index in [2.05, 4.69) is 30.9 Å². The summed E-state index contributed by atoms with van der Waals surface area (Å²) in [6.07, 6.45) is 1.65. The Balaban J connectivity index is 1.20. The standard InChI is InChI=1S/C27H24N6O4S/c34-27(30-18-21-8-4-5-15-28-21)33-26-31-24-14-11-22(16-25(24)32-26)37-38(35,36)23-12-9-20(10-13-23)29-17-19-6-2-1-3-7-19/h1-16,29H,17-18H2,(H3,30,31,32,33,34). The number of H-pyrrole nitrogens is 1. The summed E-state index contributed by atoms with van der Waals surface area (Å²) >= 11 is 0. The number of hydrogen-bond acceptors (Lipinski definition) is 7. The van der Waals surface area contributed by atoms with Gasteiger partial charge in [-0.3, -0.25) is 10.3 Å². The van der Waals surface area contributed by atoms with E-state index >= 15 is 0 Å². The van der Waals surface area contributed by atoms with Crippen molar-refractivity contribution in [3.63, 3.8) is 0 Å². The highest BCUT2D eigenvalue weighted by Gasteiger charge is 2.17. The fourth-order valence-corrected chi connectivity index (χ4v) is 4.56. The Morgan fingerprint density at radius 1 is 0.895 bits per heavy atom. The van der Waals surface area contributed by atoms with E-state index in [1.165, 1.54) is 24.3 Å². The molecule has 0 spiro atoms. The Morgan fingerprint density at radius 2 is 1.68 bits per heavy atom. The molecule has 0 aliphatic rings. The minimum atomic E-state index is -4.06. The van der Waals surface area contributed by atoms with E-state index in [0.29, 0.717) is 23.3 Å². The number of carbonyl (C=O) groups excluding carboxylic acids is 1. The number of carbonyl (C=O) groups is 1. The summed E-state index contributed by atoms with van der Waals surface area (Å²) in [5, 5.41) is 8.56. The lowest BCUT2D eigenvalue weighted by Gasteiger charge is -2.09. The van der Waals surface area contributed by atoms with Crippen LogP contribution >= 0.6 is 0 Å². The number of amides is 2. The van der Waals surface area contributed by atoms with E-state index in [1.807, 2.05) is 36.4 Å². The number of nitrogens with zero attached hydrogens (tertiary/aromatic N) is 2. The number of nitrogens with one attached hydrogen (secondary N) is 4. The maximum Gasteiger partial charge on any atom is 0.339 e. The Labute approximate surface area is 219 Å². The first-order valence-corrected chi connectivity index (χ1v) is 13.1. The van der Waals surface area contributed by atoms with Crippen LogP contribution in [0, 0.1) is 0 Å². The zero-order chi connectivity index (χ0) is 26.4. The van der Waals surface area contributed by atoms with Crippen molar-refractivity contribution in [1.29, 1.82) is 0 Å². The molecule has 0 unspecified atom stereocenters. The van der Waals surface area contributed by atoms with Crippen molar-refractivity contribution in [2.75, 3.05) is 10.6 Å². The van der Waals surface area contributed by atoms with Gasteiger partial charge in [0.15, 0.2) is 0 Å². The van der Waals surface area contributed by atoms with Crippen molar-refractivity contribution in [3.8, 4) is 5.75 Å². The van der Waals surface area contributed by atoms with Crippen LogP contribution in [-0.4, -0.2) is 29.4 Å². The van der Waals surface area contributed by atoms with Crippen LogP contribution < -0.4 is 20.1 Å². The van der Waals surface area contributed by atoms with Gasteiger partial charge in [-0.15, -0.1) is 0 Å². The fourth-order valence-electron chi connectivity index (χ4n) is 3.64. The number of imidazole rings is 1. The highest BCUT2D eigenvalue weighted by atomic mass is 32.2. The van der Waals surface area contributed by atoms with Crippen LogP contribution in [0.1, 0.15) is 11.3 Å². The van der Waals surface area contributed by atoms with Gasteiger partial charge >= 0.3 is 16.1 Å². The summed E-state index contributed by atoms with van der Waals surface area (Å²) in [4.78, 5) is 23.6. The van der Waals surface area contributed by atoms with Crippen molar-refractivity contribution >= 4 is 38.8 Å². The Bertz CT molecular complexity index is 1640. The molecule has 4 N–H and O–H groups in total. The number of rotatable bonds is 9. The number of anilines is 2. The number of urea groups is 1. The van der Waals surface area contributed by atoms with Gasteiger partial charge in [0.05, 0.1) is 23.3 Å². The molecule has 2 heterocycles. The molecular formula is C27H24N6O4S. The maximum absolute atomic E-state index is 12.8. The van der Waals surface area contributed by atoms with E-state index in [9.17, 15) is 13.2 Å². The molecule has 0 bridgehead atoms. The second-order valence-corrected chi connectivity index (χ2v) is 9.84. The van der Waals surface area contributed by atoms with Crippen LogP contribution in [0.4, 0.5) is 16.4 Å². The van der Waals surface area contributed by atoms with E-state index in [4.69, 9.17) is 4.18 Å². The number of benzene rings is 3. The lowest BCUT2D eigenvalue weighted by atomic mass is 10.2. The molecule has 10 nitrogen and oxygen atoms in total. The largest absolute Gasteiger partial charge is 0.381 e. The predicted octanol–water partition coefficient (Wildman–Crippen LogP) is 4.66. The number of aromatic nitrogens is 3. The summed E-state index contributed by atoms with van der Waals surface area (Å²) in [6, 6.07) is 25.8. The van der Waals surface area contributed by atoms with E-state index < -0.39 is 16.1 Å². The van der Waals surface area contributed by atoms with Crippen molar-refractivity contribution in [1.82, 2.24) is 20.3 Å². The second kappa shape index (κ2) is 11.0. The fraction of sp³-hybridized carbons (Fsp3) is 0.0741. The molecule has 0 radical (unpaired) electrons. The normalized spacial score (nSPS) is 11.2.